The van der Waals surface area contributed by atoms with Gasteiger partial charge in [0.25, 0.3) is 0 Å². The summed E-state index contributed by atoms with van der Waals surface area (Å²) in [5.74, 6) is 1.59. The van der Waals surface area contributed by atoms with E-state index in [0.717, 1.165) is 11.8 Å². The van der Waals surface area contributed by atoms with Gasteiger partial charge in [0.1, 0.15) is 0 Å². The third-order valence-electron chi connectivity index (χ3n) is 3.75. The molecule has 0 aromatic heterocycles. The summed E-state index contributed by atoms with van der Waals surface area (Å²) in [6, 6.07) is 0. The van der Waals surface area contributed by atoms with Crippen LogP contribution < -0.4 is 0 Å². The molecular formula is C14H20. The van der Waals surface area contributed by atoms with Crippen molar-refractivity contribution in [1.29, 1.82) is 0 Å². The van der Waals surface area contributed by atoms with E-state index < -0.39 is 0 Å². The van der Waals surface area contributed by atoms with Crippen LogP contribution in [0.5, 0.6) is 0 Å². The fraction of sp³-hybridized carbons (Fsp3) is 0.571. The molecule has 2 bridgehead atoms. The van der Waals surface area contributed by atoms with Crippen LogP contribution in [0.3, 0.4) is 0 Å². The molecule has 3 aliphatic rings. The molecule has 3 aliphatic carbocycles. The van der Waals surface area contributed by atoms with Crippen LogP contribution in [-0.2, 0) is 0 Å². The maximum absolute atomic E-state index is 4.13. The Morgan fingerprint density at radius 1 is 0.857 bits per heavy atom. The Morgan fingerprint density at radius 2 is 1.14 bits per heavy atom. The van der Waals surface area contributed by atoms with E-state index in [4.69, 9.17) is 0 Å². The smallest absolute Gasteiger partial charge is 0.0156 e. The molecule has 0 amide bonds. The van der Waals surface area contributed by atoms with Gasteiger partial charge in [-0.15, -0.1) is 0 Å². The maximum atomic E-state index is 4.13. The van der Waals surface area contributed by atoms with Gasteiger partial charge in [0.2, 0.25) is 0 Å². The molecular weight excluding hydrogens is 168 g/mol. The Kier molecular flexibility index (Phi) is 2.38. The van der Waals surface area contributed by atoms with E-state index in [-0.39, 0.29) is 0 Å². The fourth-order valence-electron chi connectivity index (χ4n) is 3.27. The molecule has 0 heteroatoms. The molecule has 1 saturated carbocycles. The molecule has 0 spiro atoms. The average molecular weight is 188 g/mol. The second kappa shape index (κ2) is 3.42. The fourth-order valence-corrected chi connectivity index (χ4v) is 3.27. The summed E-state index contributed by atoms with van der Waals surface area (Å²) in [7, 11) is 0. The van der Waals surface area contributed by atoms with Gasteiger partial charge in [0.05, 0.1) is 0 Å². The quantitative estimate of drug-likeness (QED) is 0.607. The standard InChI is InChI=1S/C14H20/c1-9(2)13-11-5-7-12(8-6-11)14(13)10(3)4/h11-12H,1,3,5-8H2,2,4H3. The highest BCUT2D eigenvalue weighted by atomic mass is 14.4. The third-order valence-corrected chi connectivity index (χ3v) is 3.75. The summed E-state index contributed by atoms with van der Waals surface area (Å²) in [6.07, 6.45) is 5.51. The first kappa shape index (κ1) is 9.76. The summed E-state index contributed by atoms with van der Waals surface area (Å²) in [4.78, 5) is 0. The minimum absolute atomic E-state index is 0.796. The van der Waals surface area contributed by atoms with E-state index >= 15 is 0 Å². The van der Waals surface area contributed by atoms with Crippen LogP contribution >= 0.6 is 0 Å². The van der Waals surface area contributed by atoms with Crippen molar-refractivity contribution in [3.8, 4) is 0 Å². The normalized spacial score (nSPS) is 30.7. The number of hydrogen-bond acceptors (Lipinski definition) is 0. The van der Waals surface area contributed by atoms with Crippen LogP contribution in [0.4, 0.5) is 0 Å². The van der Waals surface area contributed by atoms with Crippen LogP contribution in [0.25, 0.3) is 0 Å². The molecule has 3 rings (SSSR count). The number of allylic oxidation sites excluding steroid dienone is 4. The molecule has 0 atom stereocenters. The van der Waals surface area contributed by atoms with Gasteiger partial charge >= 0.3 is 0 Å². The minimum atomic E-state index is 0.796. The number of fused-ring (bicyclic) bond motifs is 2. The largest absolute Gasteiger partial charge is 0.0958 e. The van der Waals surface area contributed by atoms with Crippen LogP contribution in [0, 0.1) is 11.8 Å². The lowest BCUT2D eigenvalue weighted by Crippen LogP contribution is -2.27. The summed E-state index contributed by atoms with van der Waals surface area (Å²) in [5.41, 5.74) is 5.66. The number of rotatable bonds is 2. The summed E-state index contributed by atoms with van der Waals surface area (Å²) < 4.78 is 0. The molecule has 14 heavy (non-hydrogen) atoms. The van der Waals surface area contributed by atoms with Gasteiger partial charge in [0, 0.05) is 0 Å². The first-order chi connectivity index (χ1) is 6.61. The molecule has 0 heterocycles. The zero-order valence-electron chi connectivity index (χ0n) is 9.40. The summed E-state index contributed by atoms with van der Waals surface area (Å²) >= 11 is 0. The summed E-state index contributed by atoms with van der Waals surface area (Å²) in [6.45, 7) is 12.6. The van der Waals surface area contributed by atoms with Crippen molar-refractivity contribution in [1.82, 2.24) is 0 Å². The predicted octanol–water partition coefficient (Wildman–Crippen LogP) is 4.26. The predicted molar refractivity (Wildman–Crippen MR) is 62.1 cm³/mol. The Labute approximate surface area is 87.4 Å². The average Bonchev–Trinajstić information content (AvgIpc) is 2.17. The van der Waals surface area contributed by atoms with E-state index in [1.54, 1.807) is 11.1 Å². The van der Waals surface area contributed by atoms with Crippen molar-refractivity contribution in [2.45, 2.75) is 39.5 Å². The Bertz CT molecular complexity index is 277. The molecule has 76 valence electrons. The van der Waals surface area contributed by atoms with Crippen molar-refractivity contribution in [3.05, 3.63) is 35.5 Å². The molecule has 0 radical (unpaired) electrons. The van der Waals surface area contributed by atoms with Crippen molar-refractivity contribution >= 4 is 0 Å². The van der Waals surface area contributed by atoms with Crippen LogP contribution in [0.15, 0.2) is 35.5 Å². The van der Waals surface area contributed by atoms with E-state index in [9.17, 15) is 0 Å². The Hall–Kier alpha value is -0.780. The summed E-state index contributed by atoms with van der Waals surface area (Å²) in [5, 5.41) is 0. The Balaban J connectivity index is 2.50. The Morgan fingerprint density at radius 3 is 1.36 bits per heavy atom. The van der Waals surface area contributed by atoms with Crippen molar-refractivity contribution < 1.29 is 0 Å². The highest BCUT2D eigenvalue weighted by Crippen LogP contribution is 2.49. The van der Waals surface area contributed by atoms with E-state index in [0.29, 0.717) is 0 Å². The first-order valence-corrected chi connectivity index (χ1v) is 5.67. The molecule has 0 unspecified atom stereocenters. The zero-order valence-corrected chi connectivity index (χ0v) is 9.40. The monoisotopic (exact) mass is 188 g/mol. The van der Waals surface area contributed by atoms with E-state index in [2.05, 4.69) is 27.0 Å². The number of hydrogen-bond donors (Lipinski definition) is 0. The minimum Gasteiger partial charge on any atom is -0.0958 e. The van der Waals surface area contributed by atoms with Crippen molar-refractivity contribution in [2.24, 2.45) is 11.8 Å². The highest BCUT2D eigenvalue weighted by molar-refractivity contribution is 5.47. The maximum Gasteiger partial charge on any atom is -0.0156 e. The second-order valence-electron chi connectivity index (χ2n) is 4.94. The molecule has 0 aliphatic heterocycles. The van der Waals surface area contributed by atoms with Crippen molar-refractivity contribution in [2.75, 3.05) is 0 Å². The van der Waals surface area contributed by atoms with Crippen molar-refractivity contribution in [3.63, 3.8) is 0 Å². The molecule has 0 nitrogen and oxygen atoms in total. The van der Waals surface area contributed by atoms with Gasteiger partial charge in [-0.2, -0.15) is 0 Å². The molecule has 1 fully saturated rings. The van der Waals surface area contributed by atoms with Crippen LogP contribution in [0.1, 0.15) is 39.5 Å². The lowest BCUT2D eigenvalue weighted by molar-refractivity contribution is 0.301. The van der Waals surface area contributed by atoms with Gasteiger partial charge in [0.15, 0.2) is 0 Å². The lowest BCUT2D eigenvalue weighted by Gasteiger charge is -2.41. The van der Waals surface area contributed by atoms with Gasteiger partial charge in [-0.05, 0) is 62.5 Å². The lowest BCUT2D eigenvalue weighted by atomic mass is 9.64. The van der Waals surface area contributed by atoms with Gasteiger partial charge in [-0.25, -0.2) is 0 Å². The molecule has 0 aromatic carbocycles. The van der Waals surface area contributed by atoms with Gasteiger partial charge in [-0.3, -0.25) is 0 Å². The topological polar surface area (TPSA) is 0 Å². The third kappa shape index (κ3) is 1.37. The first-order valence-electron chi connectivity index (χ1n) is 5.67. The van der Waals surface area contributed by atoms with E-state index in [1.807, 2.05) is 0 Å². The van der Waals surface area contributed by atoms with Crippen LogP contribution in [0.2, 0.25) is 0 Å². The van der Waals surface area contributed by atoms with E-state index in [1.165, 1.54) is 36.8 Å². The zero-order chi connectivity index (χ0) is 10.3. The molecule has 0 saturated heterocycles. The molecule has 0 aromatic rings. The second-order valence-corrected chi connectivity index (χ2v) is 4.94. The van der Waals surface area contributed by atoms with Crippen LogP contribution in [-0.4, -0.2) is 0 Å². The molecule has 0 N–H and O–H groups in total. The SMILES string of the molecule is C=C(C)C1=C(C(=C)C)C2CCC1CC2. The highest BCUT2D eigenvalue weighted by Gasteiger charge is 2.35. The van der Waals surface area contributed by atoms with Gasteiger partial charge < -0.3 is 0 Å². The van der Waals surface area contributed by atoms with Gasteiger partial charge in [-0.1, -0.05) is 24.3 Å².